The van der Waals surface area contributed by atoms with Crippen molar-refractivity contribution < 1.29 is 19.1 Å². The molecule has 0 aliphatic heterocycles. The zero-order valence-electron chi connectivity index (χ0n) is 16.6. The summed E-state index contributed by atoms with van der Waals surface area (Å²) in [5.41, 5.74) is 1.76. The molecule has 1 heterocycles. The quantitative estimate of drug-likeness (QED) is 0.549. The lowest BCUT2D eigenvalue weighted by molar-refractivity contribution is 0.103. The number of nitrogens with one attached hydrogen (secondary N) is 1. The van der Waals surface area contributed by atoms with Crippen LogP contribution in [0.4, 0.5) is 0 Å². The average molecular weight is 381 g/mol. The molecule has 28 heavy (non-hydrogen) atoms. The standard InChI is InChI=1S/C23H27NO4/c1-4-18-12-20-19(22(26)16-8-6-5-7-9-16)10-11-21(23(20)28-18)27-14-17(25)13-24-15(2)3/h5-12,15,17,24-25H,4,13-14H2,1-3H3. The minimum atomic E-state index is -0.635. The maximum Gasteiger partial charge on any atom is 0.193 e. The lowest BCUT2D eigenvalue weighted by atomic mass is 9.99. The van der Waals surface area contributed by atoms with Gasteiger partial charge in [0.2, 0.25) is 0 Å². The number of carbonyl (C=O) groups excluding carboxylic acids is 1. The van der Waals surface area contributed by atoms with Gasteiger partial charge in [0.25, 0.3) is 0 Å². The number of hydrogen-bond donors (Lipinski definition) is 2. The summed E-state index contributed by atoms with van der Waals surface area (Å²) in [4.78, 5) is 13.0. The second-order valence-electron chi connectivity index (χ2n) is 7.14. The van der Waals surface area contributed by atoms with E-state index in [0.717, 1.165) is 11.1 Å². The monoisotopic (exact) mass is 381 g/mol. The lowest BCUT2D eigenvalue weighted by Crippen LogP contribution is -2.35. The number of fused-ring (bicyclic) bond motifs is 1. The molecule has 1 aromatic heterocycles. The van der Waals surface area contributed by atoms with Crippen molar-refractivity contribution in [3.8, 4) is 5.75 Å². The number of aliphatic hydroxyl groups excluding tert-OH is 1. The molecule has 0 saturated heterocycles. The van der Waals surface area contributed by atoms with E-state index in [-0.39, 0.29) is 12.4 Å². The van der Waals surface area contributed by atoms with E-state index in [1.54, 1.807) is 24.3 Å². The maximum atomic E-state index is 13.0. The van der Waals surface area contributed by atoms with E-state index in [4.69, 9.17) is 9.15 Å². The molecule has 5 nitrogen and oxygen atoms in total. The third kappa shape index (κ3) is 4.61. The second-order valence-corrected chi connectivity index (χ2v) is 7.14. The van der Waals surface area contributed by atoms with Crippen LogP contribution in [0.25, 0.3) is 11.0 Å². The molecule has 0 bridgehead atoms. The van der Waals surface area contributed by atoms with Crippen LogP contribution in [0.3, 0.4) is 0 Å². The van der Waals surface area contributed by atoms with Crippen molar-refractivity contribution in [3.63, 3.8) is 0 Å². The van der Waals surface area contributed by atoms with Gasteiger partial charge in [0, 0.05) is 35.5 Å². The molecule has 3 aromatic rings. The molecule has 1 unspecified atom stereocenters. The average Bonchev–Trinajstić information content (AvgIpc) is 3.15. The summed E-state index contributed by atoms with van der Waals surface area (Å²) in [6, 6.07) is 14.9. The van der Waals surface area contributed by atoms with E-state index >= 15 is 0 Å². The van der Waals surface area contributed by atoms with Crippen LogP contribution in [0.1, 0.15) is 42.5 Å². The highest BCUT2D eigenvalue weighted by Crippen LogP contribution is 2.33. The topological polar surface area (TPSA) is 71.7 Å². The molecule has 1 atom stereocenters. The van der Waals surface area contributed by atoms with Crippen LogP contribution in [0.2, 0.25) is 0 Å². The summed E-state index contributed by atoms with van der Waals surface area (Å²) < 4.78 is 11.7. The Morgan fingerprint density at radius 2 is 1.93 bits per heavy atom. The zero-order chi connectivity index (χ0) is 20.1. The highest BCUT2D eigenvalue weighted by molar-refractivity contribution is 6.16. The first-order valence-electron chi connectivity index (χ1n) is 9.69. The summed E-state index contributed by atoms with van der Waals surface area (Å²) >= 11 is 0. The Labute approximate surface area is 165 Å². The van der Waals surface area contributed by atoms with Crippen LogP contribution < -0.4 is 10.1 Å². The molecule has 0 spiro atoms. The molecule has 3 rings (SSSR count). The van der Waals surface area contributed by atoms with Crippen LogP contribution in [-0.2, 0) is 6.42 Å². The third-order valence-corrected chi connectivity index (χ3v) is 4.52. The molecule has 2 N–H and O–H groups in total. The van der Waals surface area contributed by atoms with Crippen molar-refractivity contribution in [2.45, 2.75) is 39.3 Å². The Bertz CT molecular complexity index is 930. The summed E-state index contributed by atoms with van der Waals surface area (Å²) in [7, 11) is 0. The minimum Gasteiger partial charge on any atom is -0.487 e. The van der Waals surface area contributed by atoms with E-state index in [1.165, 1.54) is 0 Å². The molecular formula is C23H27NO4. The molecule has 148 valence electrons. The van der Waals surface area contributed by atoms with Crippen molar-refractivity contribution in [2.24, 2.45) is 0 Å². The second kappa shape index (κ2) is 9.04. The predicted molar refractivity (Wildman–Crippen MR) is 110 cm³/mol. The Hall–Kier alpha value is -2.63. The number of ether oxygens (including phenoxy) is 1. The van der Waals surface area contributed by atoms with Gasteiger partial charge in [-0.15, -0.1) is 0 Å². The summed E-state index contributed by atoms with van der Waals surface area (Å²) in [6.07, 6.45) is 0.0808. The molecule has 2 aromatic carbocycles. The van der Waals surface area contributed by atoms with E-state index in [1.807, 2.05) is 45.0 Å². The van der Waals surface area contributed by atoms with Crippen molar-refractivity contribution >= 4 is 16.8 Å². The molecule has 0 saturated carbocycles. The molecular weight excluding hydrogens is 354 g/mol. The van der Waals surface area contributed by atoms with Gasteiger partial charge in [-0.2, -0.15) is 0 Å². The van der Waals surface area contributed by atoms with Crippen molar-refractivity contribution in [1.29, 1.82) is 0 Å². The van der Waals surface area contributed by atoms with E-state index < -0.39 is 6.10 Å². The van der Waals surface area contributed by atoms with Gasteiger partial charge in [0.05, 0.1) is 0 Å². The fraction of sp³-hybridized carbons (Fsp3) is 0.348. The predicted octanol–water partition coefficient (Wildman–Crippen LogP) is 3.96. The van der Waals surface area contributed by atoms with Crippen molar-refractivity contribution in [2.75, 3.05) is 13.2 Å². The number of hydrogen-bond acceptors (Lipinski definition) is 5. The first-order valence-corrected chi connectivity index (χ1v) is 9.69. The molecule has 0 fully saturated rings. The van der Waals surface area contributed by atoms with Crippen LogP contribution in [0.15, 0.2) is 52.9 Å². The Morgan fingerprint density at radius 3 is 2.61 bits per heavy atom. The van der Waals surface area contributed by atoms with E-state index in [9.17, 15) is 9.90 Å². The first kappa shape index (κ1) is 20.1. The number of aliphatic hydroxyl groups is 1. The Morgan fingerprint density at radius 1 is 1.18 bits per heavy atom. The van der Waals surface area contributed by atoms with Gasteiger partial charge in [-0.05, 0) is 18.2 Å². The van der Waals surface area contributed by atoms with Crippen LogP contribution in [0, 0.1) is 0 Å². The van der Waals surface area contributed by atoms with Gasteiger partial charge in [-0.1, -0.05) is 51.1 Å². The summed E-state index contributed by atoms with van der Waals surface area (Å²) in [5.74, 6) is 1.26. The Balaban J connectivity index is 1.87. The van der Waals surface area contributed by atoms with Gasteiger partial charge >= 0.3 is 0 Å². The largest absolute Gasteiger partial charge is 0.487 e. The molecule has 0 aliphatic rings. The van der Waals surface area contributed by atoms with E-state index in [0.29, 0.717) is 41.5 Å². The van der Waals surface area contributed by atoms with Crippen LogP contribution in [0.5, 0.6) is 5.75 Å². The zero-order valence-corrected chi connectivity index (χ0v) is 16.6. The molecule has 0 radical (unpaired) electrons. The minimum absolute atomic E-state index is 0.0539. The van der Waals surface area contributed by atoms with Gasteiger partial charge < -0.3 is 19.6 Å². The van der Waals surface area contributed by atoms with Crippen molar-refractivity contribution in [3.05, 3.63) is 65.4 Å². The fourth-order valence-electron chi connectivity index (χ4n) is 3.00. The number of carbonyl (C=O) groups is 1. The summed E-state index contributed by atoms with van der Waals surface area (Å²) in [5, 5.41) is 14.0. The van der Waals surface area contributed by atoms with Gasteiger partial charge in [-0.25, -0.2) is 0 Å². The van der Waals surface area contributed by atoms with E-state index in [2.05, 4.69) is 5.32 Å². The van der Waals surface area contributed by atoms with Gasteiger partial charge in [0.15, 0.2) is 17.1 Å². The lowest BCUT2D eigenvalue weighted by Gasteiger charge is -2.15. The number of aryl methyl sites for hydroxylation is 1. The van der Waals surface area contributed by atoms with Gasteiger partial charge in [-0.3, -0.25) is 4.79 Å². The van der Waals surface area contributed by atoms with Crippen LogP contribution >= 0.6 is 0 Å². The highest BCUT2D eigenvalue weighted by atomic mass is 16.5. The van der Waals surface area contributed by atoms with Crippen LogP contribution in [-0.4, -0.2) is 36.2 Å². The van der Waals surface area contributed by atoms with Gasteiger partial charge in [0.1, 0.15) is 18.5 Å². The number of rotatable bonds is 9. The molecule has 5 heteroatoms. The third-order valence-electron chi connectivity index (χ3n) is 4.52. The number of ketones is 1. The smallest absolute Gasteiger partial charge is 0.193 e. The SMILES string of the molecule is CCc1cc2c(C(=O)c3ccccc3)ccc(OCC(O)CNC(C)C)c2o1. The Kier molecular flexibility index (Phi) is 6.49. The first-order chi connectivity index (χ1) is 13.5. The van der Waals surface area contributed by atoms with Crippen molar-refractivity contribution in [1.82, 2.24) is 5.32 Å². The number of benzene rings is 2. The summed E-state index contributed by atoms with van der Waals surface area (Å²) in [6.45, 7) is 6.63. The maximum absolute atomic E-state index is 13.0. The molecule has 0 amide bonds. The molecule has 0 aliphatic carbocycles. The number of furan rings is 1. The fourth-order valence-corrected chi connectivity index (χ4v) is 3.00. The highest BCUT2D eigenvalue weighted by Gasteiger charge is 2.19. The normalized spacial score (nSPS) is 12.5.